The molecule has 0 aliphatic rings. The molecule has 258 valence electrons. The number of rotatable bonds is 9. The molecule has 0 fully saturated rings. The van der Waals surface area contributed by atoms with Gasteiger partial charge in [0.2, 0.25) is 21.5 Å². The summed E-state index contributed by atoms with van der Waals surface area (Å²) in [6.45, 7) is 1.60. The lowest BCUT2D eigenvalue weighted by Gasteiger charge is -2.12. The number of carboxylic acids is 1. The van der Waals surface area contributed by atoms with Gasteiger partial charge in [-0.1, -0.05) is 58.0 Å². The van der Waals surface area contributed by atoms with Crippen molar-refractivity contribution < 1.29 is 42.1 Å². The minimum Gasteiger partial charge on any atom is -0.481 e. The van der Waals surface area contributed by atoms with E-state index < -0.39 is 42.6 Å². The first-order chi connectivity index (χ1) is 22.4. The van der Waals surface area contributed by atoms with E-state index in [9.17, 15) is 22.8 Å². The van der Waals surface area contributed by atoms with E-state index in [0.29, 0.717) is 5.02 Å². The zero-order valence-electron chi connectivity index (χ0n) is 24.7. The number of carbonyl (C=O) groups is 3. The number of carbonyl (C=O) groups excluding carboxylic acids is 2. The number of anilines is 1. The molecule has 3 heterocycles. The molecule has 3 aromatic heterocycles. The number of benzene rings is 1. The van der Waals surface area contributed by atoms with Gasteiger partial charge in [-0.3, -0.25) is 10.00 Å². The van der Waals surface area contributed by atoms with E-state index in [1.54, 1.807) is 11.6 Å². The highest BCUT2D eigenvalue weighted by Crippen LogP contribution is 2.39. The highest BCUT2D eigenvalue weighted by atomic mass is 35.6. The summed E-state index contributed by atoms with van der Waals surface area (Å²) in [5, 5.41) is 18.6. The zero-order chi connectivity index (χ0) is 36.0. The van der Waals surface area contributed by atoms with Crippen molar-refractivity contribution in [2.24, 2.45) is 7.05 Å². The first kappa shape index (κ1) is 38.3. The molecule has 24 heteroatoms. The summed E-state index contributed by atoms with van der Waals surface area (Å²) in [7, 11) is -0.491. The number of nitrogens with one attached hydrogen (secondary N) is 2. The van der Waals surface area contributed by atoms with Gasteiger partial charge in [0.05, 0.1) is 43.8 Å². The second kappa shape index (κ2) is 15.8. The van der Waals surface area contributed by atoms with Crippen LogP contribution in [0.3, 0.4) is 0 Å². The molecular formula is C24H22Cl5N9O9S. The van der Waals surface area contributed by atoms with Crippen molar-refractivity contribution in [2.45, 2.75) is 15.7 Å². The molecule has 1 aromatic carbocycles. The Hall–Kier alpha value is -4.14. The average Bonchev–Trinajstić information content (AvgIpc) is 3.62. The number of aryl methyl sites for hydroxylation is 1. The van der Waals surface area contributed by atoms with Crippen molar-refractivity contribution in [3.8, 4) is 17.4 Å². The first-order valence-corrected chi connectivity index (χ1v) is 16.0. The molecule has 0 atom stereocenters. The first-order valence-electron chi connectivity index (χ1n) is 12.6. The third-order valence-corrected chi connectivity index (χ3v) is 7.87. The standard InChI is InChI=1S/C14H18N6O7S.C10H4Cl5N3O2/c1-5-27-12(21)8-7-15-20(2)11(8)28(23,24)19-14(22)18-13-16-9(25-3)6-10(17-13)26-4;11-4-1-2-6(5(12)3-4)18-9(10(13,14)15)16-7(17-18)8(19)20/h6-7H,5H2,1-4H3,(H2,16,17,18,19,22);1-3H,(H,19,20). The molecule has 2 amide bonds. The number of alkyl halides is 3. The van der Waals surface area contributed by atoms with E-state index in [2.05, 4.69) is 30.5 Å². The normalized spacial score (nSPS) is 11.2. The molecule has 0 saturated carbocycles. The van der Waals surface area contributed by atoms with E-state index in [1.165, 1.54) is 45.5 Å². The number of hydrogen-bond donors (Lipinski definition) is 3. The molecule has 0 radical (unpaired) electrons. The van der Waals surface area contributed by atoms with Crippen molar-refractivity contribution in [1.29, 1.82) is 0 Å². The predicted molar refractivity (Wildman–Crippen MR) is 171 cm³/mol. The molecule has 0 spiro atoms. The van der Waals surface area contributed by atoms with Crippen LogP contribution in [0.15, 0.2) is 35.5 Å². The molecule has 3 N–H and O–H groups in total. The Balaban J connectivity index is 0.000000275. The number of amides is 2. The SMILES string of the molecule is CCOC(=O)c1cnn(C)c1S(=O)(=O)NC(=O)Nc1nc(OC)cc(OC)n1.O=C(O)c1nc(C(Cl)(Cl)Cl)n(-c2ccc(Cl)cc2Cl)n1. The molecular weight excluding hydrogens is 768 g/mol. The number of carboxylic acid groups (broad SMARTS) is 1. The maximum absolute atomic E-state index is 12.6. The molecule has 48 heavy (non-hydrogen) atoms. The number of halogens is 5. The fraction of sp³-hybridized carbons (Fsp3) is 0.250. The summed E-state index contributed by atoms with van der Waals surface area (Å²) >= 11 is 29.1. The molecule has 0 unspecified atom stereocenters. The molecule has 4 aromatic rings. The highest BCUT2D eigenvalue weighted by Gasteiger charge is 2.33. The van der Waals surface area contributed by atoms with Crippen LogP contribution in [0.25, 0.3) is 5.69 Å². The van der Waals surface area contributed by atoms with E-state index in [0.717, 1.165) is 15.6 Å². The Labute approximate surface area is 296 Å². The zero-order valence-corrected chi connectivity index (χ0v) is 29.3. The lowest BCUT2D eigenvalue weighted by molar-refractivity contribution is 0.0520. The Morgan fingerprint density at radius 2 is 1.65 bits per heavy atom. The molecule has 0 saturated heterocycles. The fourth-order valence-electron chi connectivity index (χ4n) is 3.47. The number of aromatic nitrogens is 7. The van der Waals surface area contributed by atoms with Crippen molar-refractivity contribution in [1.82, 2.24) is 39.2 Å². The monoisotopic (exact) mass is 787 g/mol. The number of nitrogens with zero attached hydrogens (tertiary/aromatic N) is 7. The minimum absolute atomic E-state index is 0.0378. The van der Waals surface area contributed by atoms with E-state index in [1.807, 2.05) is 0 Å². The number of hydrogen-bond acceptors (Lipinski definition) is 13. The largest absolute Gasteiger partial charge is 0.481 e. The lowest BCUT2D eigenvalue weighted by Crippen LogP contribution is -2.36. The van der Waals surface area contributed by atoms with Crippen molar-refractivity contribution in [2.75, 3.05) is 26.1 Å². The maximum Gasteiger partial charge on any atom is 0.375 e. The van der Waals surface area contributed by atoms with Crippen molar-refractivity contribution >= 4 is 91.9 Å². The Bertz CT molecular complexity index is 1930. The van der Waals surface area contributed by atoms with E-state index in [4.69, 9.17) is 77.3 Å². The Kier molecular flexibility index (Phi) is 12.6. The third-order valence-electron chi connectivity index (χ3n) is 5.37. The summed E-state index contributed by atoms with van der Waals surface area (Å²) in [5.41, 5.74) is -0.0265. The van der Waals surface area contributed by atoms with Crippen LogP contribution in [0.2, 0.25) is 10.0 Å². The van der Waals surface area contributed by atoms with E-state index in [-0.39, 0.29) is 46.4 Å². The second-order valence-corrected chi connectivity index (χ2v) is 13.3. The van der Waals surface area contributed by atoms with Crippen LogP contribution >= 0.6 is 58.0 Å². The summed E-state index contributed by atoms with van der Waals surface area (Å²) in [4.78, 5) is 46.4. The van der Waals surface area contributed by atoms with Gasteiger partial charge < -0.3 is 19.3 Å². The van der Waals surface area contributed by atoms with Gasteiger partial charge in [-0.25, -0.2) is 28.8 Å². The molecule has 0 bridgehead atoms. The van der Waals surface area contributed by atoms with Gasteiger partial charge >= 0.3 is 18.0 Å². The maximum atomic E-state index is 12.6. The average molecular weight is 790 g/mol. The van der Waals surface area contributed by atoms with Gasteiger partial charge in [0.15, 0.2) is 10.9 Å². The van der Waals surface area contributed by atoms with Gasteiger partial charge in [-0.05, 0) is 25.1 Å². The quantitative estimate of drug-likeness (QED) is 0.161. The Morgan fingerprint density at radius 1 is 1.02 bits per heavy atom. The number of ether oxygens (including phenoxy) is 3. The van der Waals surface area contributed by atoms with Crippen LogP contribution in [0.4, 0.5) is 10.7 Å². The summed E-state index contributed by atoms with van der Waals surface area (Å²) in [6, 6.07) is 4.67. The number of sulfonamides is 1. The smallest absolute Gasteiger partial charge is 0.375 e. The number of aromatic carboxylic acids is 1. The molecule has 4 rings (SSSR count). The second-order valence-electron chi connectivity index (χ2n) is 8.61. The molecule has 18 nitrogen and oxygen atoms in total. The minimum atomic E-state index is -4.47. The topological polar surface area (TPSA) is 232 Å². The van der Waals surface area contributed by atoms with E-state index >= 15 is 0 Å². The van der Waals surface area contributed by atoms with Crippen LogP contribution in [0.5, 0.6) is 11.8 Å². The van der Waals surface area contributed by atoms with Crippen LogP contribution in [-0.2, 0) is 25.6 Å². The molecule has 0 aliphatic heterocycles. The number of urea groups is 1. The van der Waals surface area contributed by atoms with Gasteiger partial charge in [0, 0.05) is 12.1 Å². The van der Waals surface area contributed by atoms with Crippen LogP contribution in [0.1, 0.15) is 33.7 Å². The van der Waals surface area contributed by atoms with Gasteiger partial charge in [0.25, 0.3) is 15.8 Å². The van der Waals surface area contributed by atoms with Crippen molar-refractivity contribution in [3.05, 3.63) is 57.7 Å². The third kappa shape index (κ3) is 9.48. The summed E-state index contributed by atoms with van der Waals surface area (Å²) in [5.74, 6) is -3.05. The molecule has 0 aliphatic carbocycles. The van der Waals surface area contributed by atoms with Gasteiger partial charge in [-0.15, -0.1) is 5.10 Å². The van der Waals surface area contributed by atoms with Crippen LogP contribution in [0, 0.1) is 0 Å². The van der Waals surface area contributed by atoms with Crippen LogP contribution < -0.4 is 19.5 Å². The summed E-state index contributed by atoms with van der Waals surface area (Å²) < 4.78 is 41.5. The number of methoxy groups -OCH3 is 2. The summed E-state index contributed by atoms with van der Waals surface area (Å²) in [6.07, 6.45) is 1.03. The fourth-order valence-corrected chi connectivity index (χ4v) is 5.54. The lowest BCUT2D eigenvalue weighted by atomic mass is 10.3. The predicted octanol–water partition coefficient (Wildman–Crippen LogP) is 4.01. The van der Waals surface area contributed by atoms with Gasteiger partial charge in [0.1, 0.15) is 5.56 Å². The highest BCUT2D eigenvalue weighted by molar-refractivity contribution is 7.90. The Morgan fingerprint density at radius 3 is 2.17 bits per heavy atom. The van der Waals surface area contributed by atoms with Gasteiger partial charge in [-0.2, -0.15) is 23.5 Å². The van der Waals surface area contributed by atoms with Crippen LogP contribution in [-0.4, -0.2) is 86.8 Å². The number of esters is 1. The van der Waals surface area contributed by atoms with Crippen molar-refractivity contribution in [3.63, 3.8) is 0 Å².